The molecule has 0 saturated carbocycles. The molecule has 4 rings (SSSR count). The van der Waals surface area contributed by atoms with Crippen LogP contribution in [0.25, 0.3) is 17.2 Å². The fourth-order valence-electron chi connectivity index (χ4n) is 3.64. The van der Waals surface area contributed by atoms with Gasteiger partial charge in [-0.15, -0.1) is 0 Å². The topological polar surface area (TPSA) is 105 Å². The number of hydrogen-bond acceptors (Lipinski definition) is 6. The maximum absolute atomic E-state index is 13.9. The van der Waals surface area contributed by atoms with E-state index in [4.69, 9.17) is 4.74 Å². The van der Waals surface area contributed by atoms with Crippen molar-refractivity contribution in [2.24, 2.45) is 0 Å². The third-order valence-corrected chi connectivity index (χ3v) is 5.08. The van der Waals surface area contributed by atoms with Crippen LogP contribution < -0.4 is 10.1 Å². The number of likely N-dealkylation sites (tertiary alicyclic amines) is 1. The molecular weight excluding hydrogens is 436 g/mol. The lowest BCUT2D eigenvalue weighted by Crippen LogP contribution is -2.44. The summed E-state index contributed by atoms with van der Waals surface area (Å²) in [6.07, 6.45) is -2.64. The van der Waals surface area contributed by atoms with Gasteiger partial charge in [0.05, 0.1) is 13.3 Å². The van der Waals surface area contributed by atoms with E-state index in [1.165, 1.54) is 22.7 Å². The quantitative estimate of drug-likeness (QED) is 0.582. The van der Waals surface area contributed by atoms with Gasteiger partial charge in [0.25, 0.3) is 0 Å². The SMILES string of the molecule is COc1nc(-c2cnc3ccc(F)cn23)nc(NC2CCCN(C(=O)O)C2)c1C(F)(F)F. The Hall–Kier alpha value is -3.64. The number of amides is 1. The molecular formula is C19H18F4N6O3. The van der Waals surface area contributed by atoms with Crippen LogP contribution in [0.1, 0.15) is 18.4 Å². The number of nitrogens with zero attached hydrogens (tertiary/aromatic N) is 5. The third-order valence-electron chi connectivity index (χ3n) is 5.08. The molecule has 3 aromatic heterocycles. The van der Waals surface area contributed by atoms with Crippen LogP contribution in [0.3, 0.4) is 0 Å². The van der Waals surface area contributed by atoms with E-state index >= 15 is 0 Å². The van der Waals surface area contributed by atoms with Gasteiger partial charge in [-0.25, -0.2) is 19.2 Å². The minimum absolute atomic E-state index is 0.00485. The maximum Gasteiger partial charge on any atom is 0.425 e. The van der Waals surface area contributed by atoms with Crippen LogP contribution in [0, 0.1) is 5.82 Å². The molecule has 0 radical (unpaired) electrons. The second-order valence-corrected chi connectivity index (χ2v) is 7.21. The number of aromatic nitrogens is 4. The van der Waals surface area contributed by atoms with Crippen molar-refractivity contribution in [3.8, 4) is 17.4 Å². The van der Waals surface area contributed by atoms with E-state index in [9.17, 15) is 27.5 Å². The molecule has 1 aliphatic rings. The van der Waals surface area contributed by atoms with E-state index < -0.39 is 41.4 Å². The molecule has 2 N–H and O–H groups in total. The number of alkyl halides is 3. The van der Waals surface area contributed by atoms with Crippen molar-refractivity contribution in [3.05, 3.63) is 35.9 Å². The van der Waals surface area contributed by atoms with Crippen LogP contribution in [0.2, 0.25) is 0 Å². The predicted octanol–water partition coefficient (Wildman–Crippen LogP) is 3.51. The van der Waals surface area contributed by atoms with Crippen LogP contribution in [0.15, 0.2) is 24.5 Å². The Kier molecular flexibility index (Phi) is 5.48. The molecule has 4 heterocycles. The van der Waals surface area contributed by atoms with Crippen molar-refractivity contribution in [2.75, 3.05) is 25.5 Å². The van der Waals surface area contributed by atoms with E-state index in [1.54, 1.807) is 0 Å². The number of carboxylic acid groups (broad SMARTS) is 1. The molecule has 1 aliphatic heterocycles. The van der Waals surface area contributed by atoms with Crippen molar-refractivity contribution in [1.82, 2.24) is 24.3 Å². The molecule has 13 heteroatoms. The van der Waals surface area contributed by atoms with Gasteiger partial charge in [0, 0.05) is 25.3 Å². The Labute approximate surface area is 178 Å². The molecule has 1 amide bonds. The highest BCUT2D eigenvalue weighted by Crippen LogP contribution is 2.41. The largest absolute Gasteiger partial charge is 0.480 e. The minimum atomic E-state index is -4.85. The van der Waals surface area contributed by atoms with Crippen LogP contribution >= 0.6 is 0 Å². The summed E-state index contributed by atoms with van der Waals surface area (Å²) in [5, 5.41) is 11.9. The summed E-state index contributed by atoms with van der Waals surface area (Å²) in [7, 11) is 1.05. The number of piperidine rings is 1. The molecule has 170 valence electrons. The van der Waals surface area contributed by atoms with Gasteiger partial charge in [-0.3, -0.25) is 4.40 Å². The van der Waals surface area contributed by atoms with Gasteiger partial charge >= 0.3 is 12.3 Å². The fourth-order valence-corrected chi connectivity index (χ4v) is 3.64. The molecule has 0 aromatic carbocycles. The van der Waals surface area contributed by atoms with Gasteiger partial charge in [0.2, 0.25) is 5.88 Å². The Bertz CT molecular complexity index is 1170. The summed E-state index contributed by atoms with van der Waals surface area (Å²) in [4.78, 5) is 24.5. The Balaban J connectivity index is 1.81. The zero-order valence-electron chi connectivity index (χ0n) is 16.7. The normalized spacial score (nSPS) is 16.9. The van der Waals surface area contributed by atoms with E-state index in [0.29, 0.717) is 25.0 Å². The molecule has 1 fully saturated rings. The highest BCUT2D eigenvalue weighted by molar-refractivity contribution is 5.66. The Morgan fingerprint density at radius 3 is 2.78 bits per heavy atom. The standard InChI is InChI=1S/C19H18F4N6O3/c1-32-17-14(19(21,22)23)16(25-11-3-2-6-28(9-11)18(30)31)26-15(27-17)12-7-24-13-5-4-10(20)8-29(12)13/h4-5,7-8,11H,2-3,6,9H2,1H3,(H,30,31)(H,25,26,27). The molecule has 0 bridgehead atoms. The first-order valence-electron chi connectivity index (χ1n) is 9.58. The second kappa shape index (κ2) is 8.13. The Morgan fingerprint density at radius 1 is 1.31 bits per heavy atom. The van der Waals surface area contributed by atoms with E-state index in [2.05, 4.69) is 20.3 Å². The number of fused-ring (bicyclic) bond motifs is 1. The average Bonchev–Trinajstić information content (AvgIpc) is 3.15. The lowest BCUT2D eigenvalue weighted by molar-refractivity contribution is -0.138. The lowest BCUT2D eigenvalue weighted by Gasteiger charge is -2.32. The van der Waals surface area contributed by atoms with Crippen molar-refractivity contribution >= 4 is 17.6 Å². The predicted molar refractivity (Wildman–Crippen MR) is 104 cm³/mol. The molecule has 0 aliphatic carbocycles. The van der Waals surface area contributed by atoms with Crippen molar-refractivity contribution in [2.45, 2.75) is 25.1 Å². The van der Waals surface area contributed by atoms with E-state index in [0.717, 1.165) is 18.2 Å². The summed E-state index contributed by atoms with van der Waals surface area (Å²) in [6, 6.07) is 2.00. The van der Waals surface area contributed by atoms with Crippen LogP contribution in [0.4, 0.5) is 28.2 Å². The van der Waals surface area contributed by atoms with Gasteiger partial charge in [-0.1, -0.05) is 0 Å². The van der Waals surface area contributed by atoms with Gasteiger partial charge in [0.1, 0.15) is 23.0 Å². The lowest BCUT2D eigenvalue weighted by atomic mass is 10.1. The molecule has 9 nitrogen and oxygen atoms in total. The Morgan fingerprint density at radius 2 is 2.09 bits per heavy atom. The number of ether oxygens (including phenoxy) is 1. The first-order valence-corrected chi connectivity index (χ1v) is 9.58. The van der Waals surface area contributed by atoms with Gasteiger partial charge in [-0.05, 0) is 25.0 Å². The number of nitrogens with one attached hydrogen (secondary N) is 1. The van der Waals surface area contributed by atoms with Crippen molar-refractivity contribution < 1.29 is 32.2 Å². The second-order valence-electron chi connectivity index (χ2n) is 7.21. The zero-order valence-corrected chi connectivity index (χ0v) is 16.7. The molecule has 1 saturated heterocycles. The van der Waals surface area contributed by atoms with Crippen LogP contribution in [-0.4, -0.2) is 61.7 Å². The highest BCUT2D eigenvalue weighted by atomic mass is 19.4. The number of carbonyl (C=O) groups is 1. The average molecular weight is 454 g/mol. The molecule has 1 unspecified atom stereocenters. The summed E-state index contributed by atoms with van der Waals surface area (Å²) in [5.74, 6) is -2.02. The van der Waals surface area contributed by atoms with Gasteiger partial charge in [-0.2, -0.15) is 18.2 Å². The number of pyridine rings is 1. The number of rotatable bonds is 4. The summed E-state index contributed by atoms with van der Waals surface area (Å²) in [5.41, 5.74) is -0.704. The van der Waals surface area contributed by atoms with Crippen molar-refractivity contribution in [1.29, 1.82) is 0 Å². The third kappa shape index (κ3) is 4.09. The monoisotopic (exact) mass is 454 g/mol. The van der Waals surface area contributed by atoms with Crippen LogP contribution in [0.5, 0.6) is 5.88 Å². The van der Waals surface area contributed by atoms with Gasteiger partial charge in [0.15, 0.2) is 11.4 Å². The summed E-state index contributed by atoms with van der Waals surface area (Å²) >= 11 is 0. The number of hydrogen-bond donors (Lipinski definition) is 2. The summed E-state index contributed by atoms with van der Waals surface area (Å²) in [6.45, 7) is 0.292. The minimum Gasteiger partial charge on any atom is -0.480 e. The van der Waals surface area contributed by atoms with Crippen molar-refractivity contribution in [3.63, 3.8) is 0 Å². The number of halogens is 4. The highest BCUT2D eigenvalue weighted by Gasteiger charge is 2.41. The van der Waals surface area contributed by atoms with E-state index in [1.807, 2.05) is 0 Å². The fraction of sp³-hybridized carbons (Fsp3) is 0.368. The first kappa shape index (κ1) is 21.6. The maximum atomic E-state index is 13.9. The smallest absolute Gasteiger partial charge is 0.425 e. The van der Waals surface area contributed by atoms with E-state index in [-0.39, 0.29) is 18.1 Å². The first-order chi connectivity index (χ1) is 15.2. The number of imidazole rings is 1. The van der Waals surface area contributed by atoms with Gasteiger partial charge < -0.3 is 20.1 Å². The number of anilines is 1. The zero-order chi connectivity index (χ0) is 23.0. The number of methoxy groups -OCH3 is 1. The molecule has 32 heavy (non-hydrogen) atoms. The van der Waals surface area contributed by atoms with Crippen LogP contribution in [-0.2, 0) is 6.18 Å². The summed E-state index contributed by atoms with van der Waals surface area (Å²) < 4.78 is 61.6. The molecule has 1 atom stereocenters. The molecule has 3 aromatic rings. The molecule has 0 spiro atoms.